The molecule has 1 aromatic heterocycles. The molecule has 1 aromatic carbocycles. The Morgan fingerprint density at radius 2 is 1.95 bits per heavy atom. The summed E-state index contributed by atoms with van der Waals surface area (Å²) in [6.07, 6.45) is 8.87. The lowest BCUT2D eigenvalue weighted by molar-refractivity contribution is 0.158. The quantitative estimate of drug-likeness (QED) is 0.886. The van der Waals surface area contributed by atoms with Crippen LogP contribution in [0.25, 0.3) is 10.9 Å². The minimum atomic E-state index is -0.376. The molecule has 1 aliphatic rings. The Kier molecular flexibility index (Phi) is 3.79. The van der Waals surface area contributed by atoms with E-state index in [0.717, 1.165) is 35.2 Å². The fourth-order valence-corrected chi connectivity index (χ4v) is 3.24. The maximum Gasteiger partial charge on any atom is 0.0811 e. The van der Waals surface area contributed by atoms with Crippen LogP contribution in [-0.2, 0) is 0 Å². The highest BCUT2D eigenvalue weighted by atomic mass is 16.3. The van der Waals surface area contributed by atoms with Crippen molar-refractivity contribution in [1.29, 1.82) is 0 Å². The molecule has 0 aliphatic heterocycles. The van der Waals surface area contributed by atoms with Crippen LogP contribution in [0.5, 0.6) is 0 Å². The standard InChI is InChI=1S/C17H21NO/c19-16(11-10-13-5-1-2-6-13)15-9-3-7-14-8-4-12-18-17(14)15/h3-4,7-9,12-13,16,19H,1-2,5-6,10-11H2. The number of aliphatic hydroxyl groups excluding tert-OH is 1. The first-order chi connectivity index (χ1) is 9.34. The Labute approximate surface area is 114 Å². The van der Waals surface area contributed by atoms with E-state index < -0.39 is 0 Å². The van der Waals surface area contributed by atoms with Crippen LogP contribution >= 0.6 is 0 Å². The van der Waals surface area contributed by atoms with E-state index in [2.05, 4.69) is 17.1 Å². The number of pyridine rings is 1. The topological polar surface area (TPSA) is 33.1 Å². The van der Waals surface area contributed by atoms with Crippen molar-refractivity contribution in [3.63, 3.8) is 0 Å². The highest BCUT2D eigenvalue weighted by molar-refractivity contribution is 5.81. The number of para-hydroxylation sites is 1. The average Bonchev–Trinajstić information content (AvgIpc) is 2.97. The molecule has 1 aliphatic carbocycles. The number of rotatable bonds is 4. The number of fused-ring (bicyclic) bond motifs is 1. The van der Waals surface area contributed by atoms with E-state index >= 15 is 0 Å². The molecule has 1 N–H and O–H groups in total. The summed E-state index contributed by atoms with van der Waals surface area (Å²) in [6.45, 7) is 0. The smallest absolute Gasteiger partial charge is 0.0811 e. The number of benzene rings is 1. The minimum absolute atomic E-state index is 0.376. The molecule has 0 amide bonds. The lowest BCUT2D eigenvalue weighted by atomic mass is 9.95. The monoisotopic (exact) mass is 255 g/mol. The van der Waals surface area contributed by atoms with Gasteiger partial charge in [0.15, 0.2) is 0 Å². The van der Waals surface area contributed by atoms with E-state index in [1.807, 2.05) is 18.2 Å². The average molecular weight is 255 g/mol. The van der Waals surface area contributed by atoms with Gasteiger partial charge in [0.2, 0.25) is 0 Å². The van der Waals surface area contributed by atoms with Crippen LogP contribution in [0.2, 0.25) is 0 Å². The summed E-state index contributed by atoms with van der Waals surface area (Å²) < 4.78 is 0. The second-order valence-electron chi connectivity index (χ2n) is 5.67. The molecule has 0 bridgehead atoms. The van der Waals surface area contributed by atoms with E-state index in [9.17, 15) is 5.11 Å². The Morgan fingerprint density at radius 3 is 2.79 bits per heavy atom. The van der Waals surface area contributed by atoms with Gasteiger partial charge in [0.05, 0.1) is 11.6 Å². The fourth-order valence-electron chi connectivity index (χ4n) is 3.24. The lowest BCUT2D eigenvalue weighted by Crippen LogP contribution is -2.03. The van der Waals surface area contributed by atoms with Gasteiger partial charge >= 0.3 is 0 Å². The zero-order chi connectivity index (χ0) is 13.1. The van der Waals surface area contributed by atoms with Gasteiger partial charge < -0.3 is 5.11 Å². The van der Waals surface area contributed by atoms with E-state index in [0.29, 0.717) is 0 Å². The van der Waals surface area contributed by atoms with Crippen LogP contribution in [0, 0.1) is 5.92 Å². The normalized spacial score (nSPS) is 17.9. The first kappa shape index (κ1) is 12.6. The third kappa shape index (κ3) is 2.79. The van der Waals surface area contributed by atoms with Crippen molar-refractivity contribution in [2.45, 2.75) is 44.6 Å². The third-order valence-electron chi connectivity index (χ3n) is 4.35. The molecule has 100 valence electrons. The van der Waals surface area contributed by atoms with E-state index in [1.54, 1.807) is 6.20 Å². The van der Waals surface area contributed by atoms with Crippen LogP contribution in [-0.4, -0.2) is 10.1 Å². The molecule has 0 radical (unpaired) electrons. The predicted molar refractivity (Wildman–Crippen MR) is 77.9 cm³/mol. The van der Waals surface area contributed by atoms with Crippen molar-refractivity contribution in [2.75, 3.05) is 0 Å². The predicted octanol–water partition coefficient (Wildman–Crippen LogP) is 4.24. The summed E-state index contributed by atoms with van der Waals surface area (Å²) in [4.78, 5) is 4.42. The van der Waals surface area contributed by atoms with Gasteiger partial charge in [0, 0.05) is 17.1 Å². The Hall–Kier alpha value is -1.41. The molecule has 0 spiro atoms. The Balaban J connectivity index is 1.75. The molecule has 1 atom stereocenters. The van der Waals surface area contributed by atoms with Crippen LogP contribution in [0.1, 0.15) is 50.2 Å². The lowest BCUT2D eigenvalue weighted by Gasteiger charge is -2.15. The molecular formula is C17H21NO. The van der Waals surface area contributed by atoms with Gasteiger partial charge in [-0.3, -0.25) is 4.98 Å². The molecule has 2 heteroatoms. The molecular weight excluding hydrogens is 234 g/mol. The molecule has 1 heterocycles. The molecule has 1 saturated carbocycles. The van der Waals surface area contributed by atoms with E-state index in [-0.39, 0.29) is 6.10 Å². The van der Waals surface area contributed by atoms with Crippen molar-refractivity contribution in [1.82, 2.24) is 4.98 Å². The summed E-state index contributed by atoms with van der Waals surface area (Å²) in [5.74, 6) is 0.831. The Bertz CT molecular complexity index is 540. The van der Waals surface area contributed by atoms with Crippen LogP contribution in [0.15, 0.2) is 36.5 Å². The summed E-state index contributed by atoms with van der Waals surface area (Å²) >= 11 is 0. The van der Waals surface area contributed by atoms with Crippen LogP contribution < -0.4 is 0 Å². The second-order valence-corrected chi connectivity index (χ2v) is 5.67. The van der Waals surface area contributed by atoms with Crippen molar-refractivity contribution in [3.05, 3.63) is 42.1 Å². The van der Waals surface area contributed by atoms with Gasteiger partial charge in [-0.15, -0.1) is 0 Å². The van der Waals surface area contributed by atoms with Crippen LogP contribution in [0.4, 0.5) is 0 Å². The molecule has 19 heavy (non-hydrogen) atoms. The number of aromatic nitrogens is 1. The number of hydrogen-bond donors (Lipinski definition) is 1. The molecule has 1 fully saturated rings. The van der Waals surface area contributed by atoms with Gasteiger partial charge in [-0.05, 0) is 24.8 Å². The zero-order valence-electron chi connectivity index (χ0n) is 11.3. The molecule has 1 unspecified atom stereocenters. The zero-order valence-corrected chi connectivity index (χ0v) is 11.3. The minimum Gasteiger partial charge on any atom is -0.388 e. The van der Waals surface area contributed by atoms with Crippen molar-refractivity contribution in [2.24, 2.45) is 5.92 Å². The number of nitrogens with zero attached hydrogens (tertiary/aromatic N) is 1. The summed E-state index contributed by atoms with van der Waals surface area (Å²) in [7, 11) is 0. The fraction of sp³-hybridized carbons (Fsp3) is 0.471. The van der Waals surface area contributed by atoms with Gasteiger partial charge in [-0.1, -0.05) is 49.9 Å². The highest BCUT2D eigenvalue weighted by Gasteiger charge is 2.18. The second kappa shape index (κ2) is 5.70. The maximum atomic E-state index is 10.4. The molecule has 2 aromatic rings. The first-order valence-electron chi connectivity index (χ1n) is 7.36. The van der Waals surface area contributed by atoms with Gasteiger partial charge in [0.1, 0.15) is 0 Å². The van der Waals surface area contributed by atoms with Gasteiger partial charge in [-0.25, -0.2) is 0 Å². The Morgan fingerprint density at radius 1 is 1.16 bits per heavy atom. The molecule has 2 nitrogen and oxygen atoms in total. The molecule has 0 saturated heterocycles. The third-order valence-corrected chi connectivity index (χ3v) is 4.35. The summed E-state index contributed by atoms with van der Waals surface area (Å²) in [5, 5.41) is 11.5. The number of aliphatic hydroxyl groups is 1. The van der Waals surface area contributed by atoms with Gasteiger partial charge in [-0.2, -0.15) is 0 Å². The first-order valence-corrected chi connectivity index (χ1v) is 7.36. The maximum absolute atomic E-state index is 10.4. The largest absolute Gasteiger partial charge is 0.388 e. The number of hydrogen-bond acceptors (Lipinski definition) is 2. The summed E-state index contributed by atoms with van der Waals surface area (Å²) in [6, 6.07) is 10.1. The van der Waals surface area contributed by atoms with Crippen molar-refractivity contribution >= 4 is 10.9 Å². The van der Waals surface area contributed by atoms with Gasteiger partial charge in [0.25, 0.3) is 0 Å². The highest BCUT2D eigenvalue weighted by Crippen LogP contribution is 2.32. The van der Waals surface area contributed by atoms with Crippen molar-refractivity contribution in [3.8, 4) is 0 Å². The molecule has 3 rings (SSSR count). The van der Waals surface area contributed by atoms with E-state index in [1.165, 1.54) is 25.7 Å². The van der Waals surface area contributed by atoms with Crippen molar-refractivity contribution < 1.29 is 5.11 Å². The van der Waals surface area contributed by atoms with Crippen LogP contribution in [0.3, 0.4) is 0 Å². The summed E-state index contributed by atoms with van der Waals surface area (Å²) in [5.41, 5.74) is 1.93. The van der Waals surface area contributed by atoms with E-state index in [4.69, 9.17) is 0 Å². The SMILES string of the molecule is OC(CCC1CCCC1)c1cccc2cccnc12.